The number of carbonyl (C=O) groups is 2. The summed E-state index contributed by atoms with van der Waals surface area (Å²) in [6.07, 6.45) is 4.10. The number of piperidine rings is 1. The van der Waals surface area contributed by atoms with Gasteiger partial charge in [0.2, 0.25) is 11.8 Å². The van der Waals surface area contributed by atoms with Crippen LogP contribution in [0.25, 0.3) is 0 Å². The third kappa shape index (κ3) is 3.98. The molecule has 5 nitrogen and oxygen atoms in total. The van der Waals surface area contributed by atoms with E-state index >= 15 is 0 Å². The molecular formula is C18H24BrN3O2. The first kappa shape index (κ1) is 17.4. The second-order valence-corrected chi connectivity index (χ2v) is 7.69. The van der Waals surface area contributed by atoms with Crippen LogP contribution in [0.3, 0.4) is 0 Å². The lowest BCUT2D eigenvalue weighted by Crippen LogP contribution is -2.43. The fourth-order valence-corrected chi connectivity index (χ4v) is 4.04. The van der Waals surface area contributed by atoms with E-state index in [1.54, 1.807) is 0 Å². The SMILES string of the molecule is NC1CCC(C(=O)N2CCC(C(=O)Nc3ccccc3Br)CC2)C1. The number of para-hydroxylation sites is 1. The van der Waals surface area contributed by atoms with Crippen molar-refractivity contribution in [1.29, 1.82) is 0 Å². The van der Waals surface area contributed by atoms with Gasteiger partial charge in [-0.15, -0.1) is 0 Å². The molecule has 1 saturated heterocycles. The number of nitrogens with zero attached hydrogens (tertiary/aromatic N) is 1. The molecule has 2 atom stereocenters. The van der Waals surface area contributed by atoms with Crippen LogP contribution in [0.5, 0.6) is 0 Å². The van der Waals surface area contributed by atoms with Crippen molar-refractivity contribution in [3.8, 4) is 0 Å². The van der Waals surface area contributed by atoms with Crippen molar-refractivity contribution >= 4 is 33.4 Å². The molecule has 2 amide bonds. The Labute approximate surface area is 151 Å². The van der Waals surface area contributed by atoms with Gasteiger partial charge in [-0.3, -0.25) is 9.59 Å². The van der Waals surface area contributed by atoms with Gasteiger partial charge in [0.15, 0.2) is 0 Å². The molecule has 2 fully saturated rings. The molecule has 0 spiro atoms. The van der Waals surface area contributed by atoms with Crippen molar-refractivity contribution in [2.45, 2.75) is 38.1 Å². The molecule has 1 aromatic carbocycles. The standard InChI is InChI=1S/C18H24BrN3O2/c19-15-3-1-2-4-16(15)21-17(23)12-7-9-22(10-8-12)18(24)13-5-6-14(20)11-13/h1-4,12-14H,5-11,20H2,(H,21,23). The number of rotatable bonds is 3. The maximum absolute atomic E-state index is 12.5. The molecule has 3 N–H and O–H groups in total. The van der Waals surface area contributed by atoms with Crippen molar-refractivity contribution in [2.75, 3.05) is 18.4 Å². The molecule has 0 aromatic heterocycles. The Kier molecular flexibility index (Phi) is 5.56. The second-order valence-electron chi connectivity index (χ2n) is 6.84. The smallest absolute Gasteiger partial charge is 0.227 e. The third-order valence-corrected chi connectivity index (χ3v) is 5.82. The number of nitrogens with one attached hydrogen (secondary N) is 1. The van der Waals surface area contributed by atoms with Gasteiger partial charge >= 0.3 is 0 Å². The molecule has 0 bridgehead atoms. The third-order valence-electron chi connectivity index (χ3n) is 5.13. The molecule has 1 aliphatic heterocycles. The number of halogens is 1. The first-order valence-corrected chi connectivity index (χ1v) is 9.43. The Morgan fingerprint density at radius 3 is 2.42 bits per heavy atom. The summed E-state index contributed by atoms with van der Waals surface area (Å²) in [4.78, 5) is 26.9. The fourth-order valence-electron chi connectivity index (χ4n) is 3.66. The predicted molar refractivity (Wildman–Crippen MR) is 97.4 cm³/mol. The maximum Gasteiger partial charge on any atom is 0.227 e. The summed E-state index contributed by atoms with van der Waals surface area (Å²) in [6, 6.07) is 7.77. The number of amides is 2. The van der Waals surface area contributed by atoms with E-state index < -0.39 is 0 Å². The van der Waals surface area contributed by atoms with Crippen LogP contribution in [-0.2, 0) is 9.59 Å². The molecule has 6 heteroatoms. The van der Waals surface area contributed by atoms with E-state index in [4.69, 9.17) is 5.73 Å². The summed E-state index contributed by atoms with van der Waals surface area (Å²) in [5.74, 6) is 0.321. The first-order chi connectivity index (χ1) is 11.5. The summed E-state index contributed by atoms with van der Waals surface area (Å²) in [5.41, 5.74) is 6.70. The normalized spacial score (nSPS) is 24.8. The van der Waals surface area contributed by atoms with Crippen LogP contribution in [0.15, 0.2) is 28.7 Å². The van der Waals surface area contributed by atoms with Crippen LogP contribution in [-0.4, -0.2) is 35.8 Å². The van der Waals surface area contributed by atoms with E-state index in [2.05, 4.69) is 21.2 Å². The van der Waals surface area contributed by atoms with Crippen LogP contribution < -0.4 is 11.1 Å². The van der Waals surface area contributed by atoms with E-state index in [-0.39, 0.29) is 29.7 Å². The summed E-state index contributed by atoms with van der Waals surface area (Å²) < 4.78 is 0.878. The molecule has 24 heavy (non-hydrogen) atoms. The van der Waals surface area contributed by atoms with E-state index in [0.29, 0.717) is 13.1 Å². The lowest BCUT2D eigenvalue weighted by atomic mass is 9.94. The number of nitrogens with two attached hydrogens (primary N) is 1. The molecule has 0 radical (unpaired) electrons. The van der Waals surface area contributed by atoms with Crippen molar-refractivity contribution in [3.05, 3.63) is 28.7 Å². The van der Waals surface area contributed by atoms with Gasteiger partial charge in [-0.2, -0.15) is 0 Å². The summed E-state index contributed by atoms with van der Waals surface area (Å²) in [6.45, 7) is 1.33. The average Bonchev–Trinajstić information content (AvgIpc) is 3.03. The molecular weight excluding hydrogens is 370 g/mol. The molecule has 1 saturated carbocycles. The minimum absolute atomic E-state index is 0.0352. The van der Waals surface area contributed by atoms with E-state index in [1.807, 2.05) is 29.2 Å². The monoisotopic (exact) mass is 393 g/mol. The highest BCUT2D eigenvalue weighted by Crippen LogP contribution is 2.29. The Morgan fingerprint density at radius 2 is 1.79 bits per heavy atom. The Bertz CT molecular complexity index is 614. The number of hydrogen-bond acceptors (Lipinski definition) is 3. The molecule has 1 aliphatic carbocycles. The molecule has 2 aliphatic rings. The summed E-state index contributed by atoms with van der Waals surface area (Å²) in [5, 5.41) is 2.98. The largest absolute Gasteiger partial charge is 0.342 e. The quantitative estimate of drug-likeness (QED) is 0.828. The molecule has 3 rings (SSSR count). The molecule has 130 valence electrons. The van der Waals surface area contributed by atoms with Gasteiger partial charge in [0.25, 0.3) is 0 Å². The number of benzene rings is 1. The topological polar surface area (TPSA) is 75.4 Å². The van der Waals surface area contributed by atoms with Crippen LogP contribution in [0.2, 0.25) is 0 Å². The van der Waals surface area contributed by atoms with E-state index in [1.165, 1.54) is 0 Å². The van der Waals surface area contributed by atoms with Gasteiger partial charge in [0, 0.05) is 35.4 Å². The zero-order valence-corrected chi connectivity index (χ0v) is 15.3. The van der Waals surface area contributed by atoms with Gasteiger partial charge < -0.3 is 16.0 Å². The Morgan fingerprint density at radius 1 is 1.08 bits per heavy atom. The second kappa shape index (κ2) is 7.66. The zero-order valence-electron chi connectivity index (χ0n) is 13.7. The predicted octanol–water partition coefficient (Wildman–Crippen LogP) is 2.75. The van der Waals surface area contributed by atoms with Gasteiger partial charge in [0.1, 0.15) is 0 Å². The maximum atomic E-state index is 12.5. The van der Waals surface area contributed by atoms with Gasteiger partial charge in [-0.25, -0.2) is 0 Å². The van der Waals surface area contributed by atoms with E-state index in [9.17, 15) is 9.59 Å². The zero-order chi connectivity index (χ0) is 17.1. The molecule has 2 unspecified atom stereocenters. The highest BCUT2D eigenvalue weighted by Gasteiger charge is 2.34. The lowest BCUT2D eigenvalue weighted by Gasteiger charge is -2.33. The van der Waals surface area contributed by atoms with E-state index in [0.717, 1.165) is 42.3 Å². The lowest BCUT2D eigenvalue weighted by molar-refractivity contribution is -0.138. The molecule has 1 heterocycles. The number of hydrogen-bond donors (Lipinski definition) is 2. The minimum atomic E-state index is -0.0352. The first-order valence-electron chi connectivity index (χ1n) is 8.64. The average molecular weight is 394 g/mol. The van der Waals surface area contributed by atoms with Crippen LogP contribution in [0.1, 0.15) is 32.1 Å². The molecule has 1 aromatic rings. The number of carbonyl (C=O) groups excluding carboxylic acids is 2. The summed E-state index contributed by atoms with van der Waals surface area (Å²) >= 11 is 3.44. The fraction of sp³-hybridized carbons (Fsp3) is 0.556. The van der Waals surface area contributed by atoms with Crippen molar-refractivity contribution in [1.82, 2.24) is 4.90 Å². The van der Waals surface area contributed by atoms with Gasteiger partial charge in [-0.05, 0) is 60.2 Å². The van der Waals surface area contributed by atoms with Gasteiger partial charge in [-0.1, -0.05) is 12.1 Å². The van der Waals surface area contributed by atoms with Crippen LogP contribution in [0.4, 0.5) is 5.69 Å². The highest BCUT2D eigenvalue weighted by atomic mass is 79.9. The number of anilines is 1. The minimum Gasteiger partial charge on any atom is -0.342 e. The Hall–Kier alpha value is -1.40. The van der Waals surface area contributed by atoms with Crippen LogP contribution in [0, 0.1) is 11.8 Å². The van der Waals surface area contributed by atoms with Gasteiger partial charge in [0.05, 0.1) is 5.69 Å². The Balaban J connectivity index is 1.50. The van der Waals surface area contributed by atoms with Crippen molar-refractivity contribution in [3.63, 3.8) is 0 Å². The van der Waals surface area contributed by atoms with Crippen LogP contribution >= 0.6 is 15.9 Å². The van der Waals surface area contributed by atoms with Crippen molar-refractivity contribution < 1.29 is 9.59 Å². The summed E-state index contributed by atoms with van der Waals surface area (Å²) in [7, 11) is 0. The number of likely N-dealkylation sites (tertiary alicyclic amines) is 1. The van der Waals surface area contributed by atoms with Crippen molar-refractivity contribution in [2.24, 2.45) is 17.6 Å². The highest BCUT2D eigenvalue weighted by molar-refractivity contribution is 9.10.